The Morgan fingerprint density at radius 1 is 1.15 bits per heavy atom. The second-order valence-corrected chi connectivity index (χ2v) is 6.16. The van der Waals surface area contributed by atoms with Crippen LogP contribution in [0.2, 0.25) is 0 Å². The number of hydrogen-bond acceptors (Lipinski definition) is 2. The molecule has 1 atom stereocenters. The summed E-state index contributed by atoms with van der Waals surface area (Å²) in [6.45, 7) is 11.4. The van der Waals surface area contributed by atoms with Crippen LogP contribution < -0.4 is 5.32 Å². The normalized spacial score (nSPS) is 18.1. The average Bonchev–Trinajstić information content (AvgIpc) is 2.48. The van der Waals surface area contributed by atoms with Crippen molar-refractivity contribution in [2.45, 2.75) is 52.5 Å². The highest BCUT2D eigenvalue weighted by Gasteiger charge is 2.23. The SMILES string of the molecule is CCCCC[C@H](c1cc(C)ccc1C)N1CCNCC1. The lowest BCUT2D eigenvalue weighted by Crippen LogP contribution is -2.45. The zero-order chi connectivity index (χ0) is 14.4. The molecule has 0 aliphatic carbocycles. The van der Waals surface area contributed by atoms with Crippen molar-refractivity contribution in [3.63, 3.8) is 0 Å². The van der Waals surface area contributed by atoms with Crippen LogP contribution >= 0.6 is 0 Å². The number of nitrogens with one attached hydrogen (secondary N) is 1. The van der Waals surface area contributed by atoms with Gasteiger partial charge in [-0.2, -0.15) is 0 Å². The van der Waals surface area contributed by atoms with E-state index in [1.165, 1.54) is 49.9 Å². The number of unbranched alkanes of at least 4 members (excludes halogenated alkanes) is 2. The van der Waals surface area contributed by atoms with E-state index in [-0.39, 0.29) is 0 Å². The Morgan fingerprint density at radius 2 is 1.90 bits per heavy atom. The van der Waals surface area contributed by atoms with Gasteiger partial charge in [-0.15, -0.1) is 0 Å². The van der Waals surface area contributed by atoms with Crippen LogP contribution in [0.25, 0.3) is 0 Å². The predicted molar refractivity (Wildman–Crippen MR) is 87.2 cm³/mol. The van der Waals surface area contributed by atoms with Crippen molar-refractivity contribution < 1.29 is 0 Å². The number of hydrogen-bond donors (Lipinski definition) is 1. The van der Waals surface area contributed by atoms with E-state index < -0.39 is 0 Å². The summed E-state index contributed by atoms with van der Waals surface area (Å²) in [5.74, 6) is 0. The molecule has 0 bridgehead atoms. The molecule has 0 radical (unpaired) electrons. The van der Waals surface area contributed by atoms with Crippen molar-refractivity contribution in [3.05, 3.63) is 34.9 Å². The average molecular weight is 274 g/mol. The molecule has 112 valence electrons. The second kappa shape index (κ2) is 7.80. The van der Waals surface area contributed by atoms with Crippen LogP contribution in [0, 0.1) is 13.8 Å². The van der Waals surface area contributed by atoms with E-state index in [2.05, 4.69) is 49.2 Å². The molecule has 2 rings (SSSR count). The Labute approximate surface area is 124 Å². The van der Waals surface area contributed by atoms with Gasteiger partial charge in [0, 0.05) is 32.2 Å². The third-order valence-corrected chi connectivity index (χ3v) is 4.47. The van der Waals surface area contributed by atoms with Crippen molar-refractivity contribution >= 4 is 0 Å². The third-order valence-electron chi connectivity index (χ3n) is 4.47. The first-order valence-corrected chi connectivity index (χ1v) is 8.24. The van der Waals surface area contributed by atoms with Crippen molar-refractivity contribution in [3.8, 4) is 0 Å². The Kier molecular flexibility index (Phi) is 6.06. The quantitative estimate of drug-likeness (QED) is 0.793. The van der Waals surface area contributed by atoms with E-state index in [1.807, 2.05) is 0 Å². The summed E-state index contributed by atoms with van der Waals surface area (Å²) < 4.78 is 0. The van der Waals surface area contributed by atoms with Gasteiger partial charge in [-0.25, -0.2) is 0 Å². The van der Waals surface area contributed by atoms with Crippen LogP contribution in [-0.4, -0.2) is 31.1 Å². The molecule has 1 aromatic carbocycles. The van der Waals surface area contributed by atoms with Crippen LogP contribution in [0.1, 0.15) is 55.3 Å². The minimum atomic E-state index is 0.614. The number of aryl methyl sites for hydroxylation is 2. The summed E-state index contributed by atoms with van der Waals surface area (Å²) in [5.41, 5.74) is 4.40. The van der Waals surface area contributed by atoms with E-state index in [4.69, 9.17) is 0 Å². The van der Waals surface area contributed by atoms with Gasteiger partial charge in [0.15, 0.2) is 0 Å². The van der Waals surface area contributed by atoms with Crippen molar-refractivity contribution in [1.29, 1.82) is 0 Å². The van der Waals surface area contributed by atoms with Crippen LogP contribution in [0.4, 0.5) is 0 Å². The summed E-state index contributed by atoms with van der Waals surface area (Å²) in [6.07, 6.45) is 5.31. The molecule has 1 heterocycles. The van der Waals surface area contributed by atoms with E-state index in [9.17, 15) is 0 Å². The zero-order valence-electron chi connectivity index (χ0n) is 13.4. The number of rotatable bonds is 6. The van der Waals surface area contributed by atoms with Gasteiger partial charge in [-0.1, -0.05) is 49.9 Å². The maximum absolute atomic E-state index is 3.47. The molecule has 0 spiro atoms. The summed E-state index contributed by atoms with van der Waals surface area (Å²) in [6, 6.07) is 7.55. The Balaban J connectivity index is 2.17. The largest absolute Gasteiger partial charge is 0.314 e. The molecule has 1 N–H and O–H groups in total. The van der Waals surface area contributed by atoms with E-state index in [0.717, 1.165) is 13.1 Å². The molecule has 0 unspecified atom stereocenters. The Bertz CT molecular complexity index is 408. The molecule has 1 aliphatic heterocycles. The van der Waals surface area contributed by atoms with Gasteiger partial charge in [0.2, 0.25) is 0 Å². The standard InChI is InChI=1S/C18H30N2/c1-4-5-6-7-18(20-12-10-19-11-13-20)17-14-15(2)8-9-16(17)3/h8-9,14,18-19H,4-7,10-13H2,1-3H3/t18-/m1/s1. The number of nitrogens with zero attached hydrogens (tertiary/aromatic N) is 1. The first-order valence-electron chi connectivity index (χ1n) is 8.24. The summed E-state index contributed by atoms with van der Waals surface area (Å²) in [7, 11) is 0. The van der Waals surface area contributed by atoms with Gasteiger partial charge in [0.05, 0.1) is 0 Å². The molecule has 1 saturated heterocycles. The molecule has 1 aliphatic rings. The van der Waals surface area contributed by atoms with Gasteiger partial charge < -0.3 is 5.32 Å². The van der Waals surface area contributed by atoms with Crippen LogP contribution in [0.5, 0.6) is 0 Å². The van der Waals surface area contributed by atoms with Crippen molar-refractivity contribution in [2.75, 3.05) is 26.2 Å². The second-order valence-electron chi connectivity index (χ2n) is 6.16. The highest BCUT2D eigenvalue weighted by molar-refractivity contribution is 5.33. The van der Waals surface area contributed by atoms with Crippen LogP contribution in [0.3, 0.4) is 0 Å². The molecule has 20 heavy (non-hydrogen) atoms. The minimum absolute atomic E-state index is 0.614. The molecule has 1 aromatic rings. The zero-order valence-corrected chi connectivity index (χ0v) is 13.4. The first-order chi connectivity index (χ1) is 9.72. The lowest BCUT2D eigenvalue weighted by atomic mass is 9.93. The molecule has 2 nitrogen and oxygen atoms in total. The lowest BCUT2D eigenvalue weighted by molar-refractivity contribution is 0.162. The maximum atomic E-state index is 3.47. The van der Waals surface area contributed by atoms with E-state index >= 15 is 0 Å². The lowest BCUT2D eigenvalue weighted by Gasteiger charge is -2.36. The van der Waals surface area contributed by atoms with Crippen molar-refractivity contribution in [1.82, 2.24) is 10.2 Å². The predicted octanol–water partition coefficient (Wildman–Crippen LogP) is 3.83. The molecule has 0 saturated carbocycles. The topological polar surface area (TPSA) is 15.3 Å². The highest BCUT2D eigenvalue weighted by Crippen LogP contribution is 2.30. The smallest absolute Gasteiger partial charge is 0.0351 e. The summed E-state index contributed by atoms with van der Waals surface area (Å²) in [5, 5.41) is 3.47. The highest BCUT2D eigenvalue weighted by atomic mass is 15.2. The fourth-order valence-corrected chi connectivity index (χ4v) is 3.24. The van der Waals surface area contributed by atoms with Gasteiger partial charge in [0.25, 0.3) is 0 Å². The van der Waals surface area contributed by atoms with Gasteiger partial charge >= 0.3 is 0 Å². The molecule has 0 amide bonds. The minimum Gasteiger partial charge on any atom is -0.314 e. The summed E-state index contributed by atoms with van der Waals surface area (Å²) >= 11 is 0. The number of piperazine rings is 1. The van der Waals surface area contributed by atoms with Crippen molar-refractivity contribution in [2.24, 2.45) is 0 Å². The maximum Gasteiger partial charge on any atom is 0.0351 e. The Morgan fingerprint density at radius 3 is 2.60 bits per heavy atom. The van der Waals surface area contributed by atoms with Crippen LogP contribution in [-0.2, 0) is 0 Å². The molecule has 2 heteroatoms. The fourth-order valence-electron chi connectivity index (χ4n) is 3.24. The Hall–Kier alpha value is -0.860. The molecule has 1 fully saturated rings. The monoisotopic (exact) mass is 274 g/mol. The van der Waals surface area contributed by atoms with Gasteiger partial charge in [-0.05, 0) is 31.4 Å². The molecular formula is C18H30N2. The van der Waals surface area contributed by atoms with Gasteiger partial charge in [-0.3, -0.25) is 4.90 Å². The third kappa shape index (κ3) is 4.07. The van der Waals surface area contributed by atoms with E-state index in [1.54, 1.807) is 5.56 Å². The fraction of sp³-hybridized carbons (Fsp3) is 0.667. The van der Waals surface area contributed by atoms with Gasteiger partial charge in [0.1, 0.15) is 0 Å². The molecular weight excluding hydrogens is 244 g/mol. The molecule has 0 aromatic heterocycles. The first kappa shape index (κ1) is 15.5. The van der Waals surface area contributed by atoms with E-state index in [0.29, 0.717) is 6.04 Å². The summed E-state index contributed by atoms with van der Waals surface area (Å²) in [4.78, 5) is 2.69. The van der Waals surface area contributed by atoms with Crippen LogP contribution in [0.15, 0.2) is 18.2 Å². The number of benzene rings is 1.